The van der Waals surface area contributed by atoms with E-state index < -0.39 is 0 Å². The summed E-state index contributed by atoms with van der Waals surface area (Å²) in [5, 5.41) is 6.26. The number of fused-ring (bicyclic) bond motifs is 1. The Hall–Kier alpha value is -1.41. The summed E-state index contributed by atoms with van der Waals surface area (Å²) in [6.07, 6.45) is 7.57. The standard InChI is InChI=1S/C18H26N2/c1-4-11-20-18(10-9-14(2)3)17-13-19-12-15-7-5-6-8-16(15)17/h5-8,12-14,18,20H,4,9-11H2,1-3H3. The minimum Gasteiger partial charge on any atom is -0.310 e. The normalized spacial score (nSPS) is 13.0. The van der Waals surface area contributed by atoms with Gasteiger partial charge in [0.05, 0.1) is 0 Å². The molecule has 2 aromatic rings. The van der Waals surface area contributed by atoms with Crippen LogP contribution >= 0.6 is 0 Å². The lowest BCUT2D eigenvalue weighted by Gasteiger charge is -2.21. The third-order valence-corrected chi connectivity index (χ3v) is 3.75. The van der Waals surface area contributed by atoms with Gasteiger partial charge in [0.1, 0.15) is 0 Å². The summed E-state index contributed by atoms with van der Waals surface area (Å²) in [6.45, 7) is 7.86. The van der Waals surface area contributed by atoms with Gasteiger partial charge < -0.3 is 5.32 Å². The molecular formula is C18H26N2. The second-order valence-corrected chi connectivity index (χ2v) is 5.93. The van der Waals surface area contributed by atoms with Gasteiger partial charge in [-0.15, -0.1) is 0 Å². The molecule has 2 heteroatoms. The molecule has 0 amide bonds. The predicted molar refractivity (Wildman–Crippen MR) is 86.8 cm³/mol. The van der Waals surface area contributed by atoms with Crippen molar-refractivity contribution in [2.45, 2.75) is 46.1 Å². The summed E-state index contributed by atoms with van der Waals surface area (Å²) in [5.74, 6) is 0.740. The summed E-state index contributed by atoms with van der Waals surface area (Å²) in [6, 6.07) is 8.96. The average Bonchev–Trinajstić information content (AvgIpc) is 2.47. The van der Waals surface area contributed by atoms with Crippen molar-refractivity contribution in [3.05, 3.63) is 42.2 Å². The Kier molecular flexibility index (Phi) is 5.54. The van der Waals surface area contributed by atoms with Crippen LogP contribution in [0.3, 0.4) is 0 Å². The molecule has 1 aromatic heterocycles. The molecule has 0 fully saturated rings. The van der Waals surface area contributed by atoms with Crippen molar-refractivity contribution >= 4 is 10.8 Å². The van der Waals surface area contributed by atoms with Crippen LogP contribution in [0.1, 0.15) is 51.6 Å². The van der Waals surface area contributed by atoms with Gasteiger partial charge >= 0.3 is 0 Å². The number of benzene rings is 1. The van der Waals surface area contributed by atoms with E-state index in [9.17, 15) is 0 Å². The molecule has 1 atom stereocenters. The Labute approximate surface area is 122 Å². The molecule has 0 aliphatic rings. The summed E-state index contributed by atoms with van der Waals surface area (Å²) in [5.41, 5.74) is 1.34. The van der Waals surface area contributed by atoms with Crippen LogP contribution in [0.2, 0.25) is 0 Å². The molecular weight excluding hydrogens is 244 g/mol. The summed E-state index contributed by atoms with van der Waals surface area (Å²) < 4.78 is 0. The van der Waals surface area contributed by atoms with Crippen molar-refractivity contribution < 1.29 is 0 Å². The zero-order valence-electron chi connectivity index (χ0n) is 12.9. The SMILES string of the molecule is CCCNC(CCC(C)C)c1cncc2ccccc12. The molecule has 20 heavy (non-hydrogen) atoms. The Morgan fingerprint density at radius 1 is 1.10 bits per heavy atom. The molecule has 1 unspecified atom stereocenters. The van der Waals surface area contributed by atoms with E-state index in [0.717, 1.165) is 18.9 Å². The molecule has 0 saturated carbocycles. The van der Waals surface area contributed by atoms with Gasteiger partial charge in [-0.25, -0.2) is 0 Å². The maximum absolute atomic E-state index is 4.43. The first-order chi connectivity index (χ1) is 9.72. The average molecular weight is 270 g/mol. The van der Waals surface area contributed by atoms with Gasteiger partial charge in [-0.05, 0) is 42.7 Å². The first-order valence-corrected chi connectivity index (χ1v) is 7.78. The van der Waals surface area contributed by atoms with E-state index >= 15 is 0 Å². The number of rotatable bonds is 7. The van der Waals surface area contributed by atoms with Crippen LogP contribution in [0.15, 0.2) is 36.7 Å². The third-order valence-electron chi connectivity index (χ3n) is 3.75. The van der Waals surface area contributed by atoms with Crippen LogP contribution in [0.5, 0.6) is 0 Å². The predicted octanol–water partition coefficient (Wildman–Crippen LogP) is 4.71. The number of nitrogens with one attached hydrogen (secondary N) is 1. The number of aromatic nitrogens is 1. The maximum atomic E-state index is 4.43. The van der Waals surface area contributed by atoms with E-state index in [4.69, 9.17) is 0 Å². The van der Waals surface area contributed by atoms with Gasteiger partial charge in [0.2, 0.25) is 0 Å². The minimum atomic E-state index is 0.413. The lowest BCUT2D eigenvalue weighted by atomic mass is 9.95. The quantitative estimate of drug-likeness (QED) is 0.788. The topological polar surface area (TPSA) is 24.9 Å². The lowest BCUT2D eigenvalue weighted by Crippen LogP contribution is -2.23. The molecule has 1 N–H and O–H groups in total. The Morgan fingerprint density at radius 2 is 1.90 bits per heavy atom. The van der Waals surface area contributed by atoms with E-state index in [-0.39, 0.29) is 0 Å². The summed E-state index contributed by atoms with van der Waals surface area (Å²) in [4.78, 5) is 4.43. The lowest BCUT2D eigenvalue weighted by molar-refractivity contribution is 0.442. The van der Waals surface area contributed by atoms with Crippen molar-refractivity contribution in [1.29, 1.82) is 0 Å². The van der Waals surface area contributed by atoms with E-state index in [1.165, 1.54) is 29.2 Å². The zero-order chi connectivity index (χ0) is 14.4. The molecule has 0 spiro atoms. The number of pyridine rings is 1. The highest BCUT2D eigenvalue weighted by molar-refractivity contribution is 5.85. The highest BCUT2D eigenvalue weighted by Crippen LogP contribution is 2.27. The van der Waals surface area contributed by atoms with Gasteiger partial charge in [0, 0.05) is 23.8 Å². The number of hydrogen-bond acceptors (Lipinski definition) is 2. The Balaban J connectivity index is 2.29. The van der Waals surface area contributed by atoms with Crippen LogP contribution in [0.4, 0.5) is 0 Å². The largest absolute Gasteiger partial charge is 0.310 e. The van der Waals surface area contributed by atoms with Crippen molar-refractivity contribution in [3.8, 4) is 0 Å². The molecule has 0 aliphatic carbocycles. The first kappa shape index (κ1) is 15.0. The Morgan fingerprint density at radius 3 is 2.65 bits per heavy atom. The highest BCUT2D eigenvalue weighted by atomic mass is 14.9. The van der Waals surface area contributed by atoms with Crippen molar-refractivity contribution in [2.24, 2.45) is 5.92 Å². The monoisotopic (exact) mass is 270 g/mol. The van der Waals surface area contributed by atoms with Gasteiger partial charge in [-0.3, -0.25) is 4.98 Å². The maximum Gasteiger partial charge on any atom is 0.0346 e. The van der Waals surface area contributed by atoms with Gasteiger partial charge in [-0.1, -0.05) is 45.0 Å². The van der Waals surface area contributed by atoms with E-state index in [1.807, 2.05) is 12.4 Å². The van der Waals surface area contributed by atoms with Crippen molar-refractivity contribution in [2.75, 3.05) is 6.54 Å². The second kappa shape index (κ2) is 7.39. The molecule has 108 valence electrons. The zero-order valence-corrected chi connectivity index (χ0v) is 12.9. The van der Waals surface area contributed by atoms with Gasteiger partial charge in [-0.2, -0.15) is 0 Å². The van der Waals surface area contributed by atoms with Gasteiger partial charge in [0.15, 0.2) is 0 Å². The van der Waals surface area contributed by atoms with Crippen LogP contribution in [0.25, 0.3) is 10.8 Å². The van der Waals surface area contributed by atoms with Crippen molar-refractivity contribution in [1.82, 2.24) is 10.3 Å². The fourth-order valence-corrected chi connectivity index (χ4v) is 2.60. The third kappa shape index (κ3) is 3.80. The fourth-order valence-electron chi connectivity index (χ4n) is 2.60. The molecule has 1 aromatic carbocycles. The Bertz CT molecular complexity index is 528. The van der Waals surface area contributed by atoms with Crippen LogP contribution in [-0.2, 0) is 0 Å². The number of hydrogen-bond donors (Lipinski definition) is 1. The van der Waals surface area contributed by atoms with Crippen LogP contribution in [-0.4, -0.2) is 11.5 Å². The van der Waals surface area contributed by atoms with Crippen molar-refractivity contribution in [3.63, 3.8) is 0 Å². The molecule has 0 bridgehead atoms. The van der Waals surface area contributed by atoms with Crippen LogP contribution < -0.4 is 5.32 Å². The van der Waals surface area contributed by atoms with Gasteiger partial charge in [0.25, 0.3) is 0 Å². The highest BCUT2D eigenvalue weighted by Gasteiger charge is 2.14. The van der Waals surface area contributed by atoms with E-state index in [1.54, 1.807) is 0 Å². The minimum absolute atomic E-state index is 0.413. The van der Waals surface area contributed by atoms with E-state index in [2.05, 4.69) is 55.3 Å². The molecule has 2 rings (SSSR count). The smallest absolute Gasteiger partial charge is 0.0346 e. The van der Waals surface area contributed by atoms with Crippen LogP contribution in [0, 0.1) is 5.92 Å². The fraction of sp³-hybridized carbons (Fsp3) is 0.500. The summed E-state index contributed by atoms with van der Waals surface area (Å²) >= 11 is 0. The molecule has 2 nitrogen and oxygen atoms in total. The second-order valence-electron chi connectivity index (χ2n) is 5.93. The molecule has 1 heterocycles. The molecule has 0 radical (unpaired) electrons. The molecule has 0 saturated heterocycles. The van der Waals surface area contributed by atoms with E-state index in [0.29, 0.717) is 6.04 Å². The summed E-state index contributed by atoms with van der Waals surface area (Å²) in [7, 11) is 0. The molecule has 0 aliphatic heterocycles. The number of nitrogens with zero attached hydrogens (tertiary/aromatic N) is 1. The first-order valence-electron chi connectivity index (χ1n) is 7.78.